The fourth-order valence-electron chi connectivity index (χ4n) is 1.09. The van der Waals surface area contributed by atoms with Gasteiger partial charge in [0.05, 0.1) is 6.61 Å². The fraction of sp³-hybridized carbons (Fsp3) is 0.250. The highest BCUT2D eigenvalue weighted by atomic mass is 32.2. The minimum atomic E-state index is -3.61. The van der Waals surface area contributed by atoms with E-state index in [1.54, 1.807) is 0 Å². The monoisotopic (exact) mass is 204 g/mol. The van der Waals surface area contributed by atoms with Crippen molar-refractivity contribution in [3.05, 3.63) is 29.6 Å². The molecule has 0 aliphatic heterocycles. The molecule has 0 amide bonds. The SMILES string of the molecule is CS(=O)(=O)c1c(F)cccc1CO. The van der Waals surface area contributed by atoms with Crippen LogP contribution in [0.4, 0.5) is 4.39 Å². The summed E-state index contributed by atoms with van der Waals surface area (Å²) in [6.07, 6.45) is 0.907. The first-order valence-corrected chi connectivity index (χ1v) is 5.44. The Bertz CT molecular complexity index is 411. The summed E-state index contributed by atoms with van der Waals surface area (Å²) in [5, 5.41) is 8.78. The molecule has 3 nitrogen and oxygen atoms in total. The summed E-state index contributed by atoms with van der Waals surface area (Å²) in [5.74, 6) is -0.825. The maximum Gasteiger partial charge on any atom is 0.178 e. The predicted molar refractivity (Wildman–Crippen MR) is 45.4 cm³/mol. The Morgan fingerprint density at radius 1 is 1.46 bits per heavy atom. The quantitative estimate of drug-likeness (QED) is 0.772. The third-order valence-corrected chi connectivity index (χ3v) is 2.79. The zero-order valence-corrected chi connectivity index (χ0v) is 7.81. The lowest BCUT2D eigenvalue weighted by Crippen LogP contribution is -2.05. The van der Waals surface area contributed by atoms with E-state index in [2.05, 4.69) is 0 Å². The van der Waals surface area contributed by atoms with Crippen LogP contribution in [0.5, 0.6) is 0 Å². The number of halogens is 1. The van der Waals surface area contributed by atoms with Crippen molar-refractivity contribution in [2.45, 2.75) is 11.5 Å². The van der Waals surface area contributed by atoms with Gasteiger partial charge in [0.25, 0.3) is 0 Å². The lowest BCUT2D eigenvalue weighted by molar-refractivity contribution is 0.277. The maximum atomic E-state index is 13.0. The molecule has 0 aliphatic rings. The topological polar surface area (TPSA) is 54.4 Å². The van der Waals surface area contributed by atoms with Gasteiger partial charge >= 0.3 is 0 Å². The van der Waals surface area contributed by atoms with Gasteiger partial charge in [-0.15, -0.1) is 0 Å². The van der Waals surface area contributed by atoms with Crippen molar-refractivity contribution in [1.82, 2.24) is 0 Å². The molecule has 0 saturated carbocycles. The van der Waals surface area contributed by atoms with Crippen molar-refractivity contribution >= 4 is 9.84 Å². The molecule has 0 heterocycles. The molecule has 0 radical (unpaired) electrons. The van der Waals surface area contributed by atoms with Gasteiger partial charge in [0.2, 0.25) is 0 Å². The first-order valence-electron chi connectivity index (χ1n) is 3.55. The van der Waals surface area contributed by atoms with E-state index >= 15 is 0 Å². The molecule has 0 fully saturated rings. The zero-order chi connectivity index (χ0) is 10.1. The summed E-state index contributed by atoms with van der Waals surface area (Å²) >= 11 is 0. The Hall–Kier alpha value is -0.940. The van der Waals surface area contributed by atoms with Crippen LogP contribution in [0.25, 0.3) is 0 Å². The normalized spacial score (nSPS) is 11.6. The molecule has 0 spiro atoms. The van der Waals surface area contributed by atoms with E-state index in [0.29, 0.717) is 0 Å². The van der Waals surface area contributed by atoms with Gasteiger partial charge in [0, 0.05) is 6.26 Å². The molecule has 5 heteroatoms. The van der Waals surface area contributed by atoms with Crippen LogP contribution in [0, 0.1) is 5.82 Å². The van der Waals surface area contributed by atoms with Crippen LogP contribution in [-0.4, -0.2) is 19.8 Å². The summed E-state index contributed by atoms with van der Waals surface area (Å²) in [6.45, 7) is -0.486. The van der Waals surface area contributed by atoms with E-state index in [-0.39, 0.29) is 5.56 Å². The van der Waals surface area contributed by atoms with Crippen molar-refractivity contribution in [2.75, 3.05) is 6.26 Å². The van der Waals surface area contributed by atoms with Gasteiger partial charge < -0.3 is 5.11 Å². The average molecular weight is 204 g/mol. The van der Waals surface area contributed by atoms with Gasteiger partial charge in [-0.25, -0.2) is 12.8 Å². The summed E-state index contributed by atoms with van der Waals surface area (Å²) in [5.41, 5.74) is 0.0856. The number of hydrogen-bond acceptors (Lipinski definition) is 3. The van der Waals surface area contributed by atoms with Crippen molar-refractivity contribution in [2.24, 2.45) is 0 Å². The van der Waals surface area contributed by atoms with Crippen LogP contribution >= 0.6 is 0 Å². The van der Waals surface area contributed by atoms with E-state index in [9.17, 15) is 12.8 Å². The highest BCUT2D eigenvalue weighted by Crippen LogP contribution is 2.19. The van der Waals surface area contributed by atoms with E-state index in [1.165, 1.54) is 12.1 Å². The molecule has 0 aromatic heterocycles. The van der Waals surface area contributed by atoms with Gasteiger partial charge in [0.1, 0.15) is 10.7 Å². The molecule has 13 heavy (non-hydrogen) atoms. The van der Waals surface area contributed by atoms with Crippen molar-refractivity contribution in [1.29, 1.82) is 0 Å². The highest BCUT2D eigenvalue weighted by Gasteiger charge is 2.17. The molecule has 1 N–H and O–H groups in total. The molecule has 0 atom stereocenters. The lowest BCUT2D eigenvalue weighted by Gasteiger charge is -2.05. The Morgan fingerprint density at radius 3 is 2.46 bits per heavy atom. The third-order valence-electron chi connectivity index (χ3n) is 1.59. The number of benzene rings is 1. The minimum Gasteiger partial charge on any atom is -0.392 e. The molecule has 1 aromatic rings. The van der Waals surface area contributed by atoms with E-state index in [4.69, 9.17) is 5.11 Å². The van der Waals surface area contributed by atoms with E-state index in [1.807, 2.05) is 0 Å². The summed E-state index contributed by atoms with van der Waals surface area (Å²) in [7, 11) is -3.61. The van der Waals surface area contributed by atoms with Crippen LogP contribution in [-0.2, 0) is 16.4 Å². The average Bonchev–Trinajstić information content (AvgIpc) is 2.01. The summed E-state index contributed by atoms with van der Waals surface area (Å²) in [6, 6.07) is 3.78. The molecule has 0 aliphatic carbocycles. The van der Waals surface area contributed by atoms with Gasteiger partial charge in [-0.05, 0) is 11.6 Å². The van der Waals surface area contributed by atoms with Crippen LogP contribution in [0.3, 0.4) is 0 Å². The largest absolute Gasteiger partial charge is 0.392 e. The second-order valence-corrected chi connectivity index (χ2v) is 4.61. The molecule has 1 aromatic carbocycles. The maximum absolute atomic E-state index is 13.0. The predicted octanol–water partition coefficient (Wildman–Crippen LogP) is 0.722. The third kappa shape index (κ3) is 2.05. The van der Waals surface area contributed by atoms with Crippen LogP contribution in [0.2, 0.25) is 0 Å². The number of aliphatic hydroxyl groups is 1. The highest BCUT2D eigenvalue weighted by molar-refractivity contribution is 7.90. The second kappa shape index (κ2) is 3.43. The zero-order valence-electron chi connectivity index (χ0n) is 6.99. The van der Waals surface area contributed by atoms with Crippen molar-refractivity contribution in [3.63, 3.8) is 0 Å². The summed E-state index contributed by atoms with van der Waals surface area (Å²) in [4.78, 5) is -0.419. The second-order valence-electron chi connectivity index (χ2n) is 2.66. The van der Waals surface area contributed by atoms with Crippen molar-refractivity contribution < 1.29 is 17.9 Å². The Morgan fingerprint density at radius 2 is 2.08 bits per heavy atom. The minimum absolute atomic E-state index is 0.0856. The number of aliphatic hydroxyl groups excluding tert-OH is 1. The summed E-state index contributed by atoms with van der Waals surface area (Å²) < 4.78 is 35.2. The van der Waals surface area contributed by atoms with Gasteiger partial charge in [0.15, 0.2) is 9.84 Å². The molecule has 0 unspecified atom stereocenters. The van der Waals surface area contributed by atoms with Crippen LogP contribution in [0.1, 0.15) is 5.56 Å². The fourth-order valence-corrected chi connectivity index (χ4v) is 2.12. The number of rotatable bonds is 2. The first kappa shape index (κ1) is 10.1. The lowest BCUT2D eigenvalue weighted by atomic mass is 10.2. The van der Waals surface area contributed by atoms with Crippen molar-refractivity contribution in [3.8, 4) is 0 Å². The first-order chi connectivity index (χ1) is 5.96. The van der Waals surface area contributed by atoms with E-state index in [0.717, 1.165) is 12.3 Å². The molecule has 72 valence electrons. The Balaban J connectivity index is 3.50. The molecule has 0 bridgehead atoms. The smallest absolute Gasteiger partial charge is 0.178 e. The number of hydrogen-bond donors (Lipinski definition) is 1. The standard InChI is InChI=1S/C8H9FO3S/c1-13(11,12)8-6(5-10)3-2-4-7(8)9/h2-4,10H,5H2,1H3. The van der Waals surface area contributed by atoms with Gasteiger partial charge in [-0.3, -0.25) is 0 Å². The van der Waals surface area contributed by atoms with Gasteiger partial charge in [-0.2, -0.15) is 0 Å². The molecule has 1 rings (SSSR count). The Kier molecular flexibility index (Phi) is 2.68. The van der Waals surface area contributed by atoms with E-state index < -0.39 is 27.2 Å². The number of sulfone groups is 1. The van der Waals surface area contributed by atoms with Gasteiger partial charge in [-0.1, -0.05) is 12.1 Å². The van der Waals surface area contributed by atoms with Crippen LogP contribution in [0.15, 0.2) is 23.1 Å². The molecular weight excluding hydrogens is 195 g/mol. The molecule has 0 saturated heterocycles. The molecular formula is C8H9FO3S. The Labute approximate surface area is 75.7 Å². The van der Waals surface area contributed by atoms with Crippen LogP contribution < -0.4 is 0 Å².